The number of rotatable bonds is 10. The van der Waals surface area contributed by atoms with E-state index in [1.807, 2.05) is 17.5 Å². The quantitative estimate of drug-likeness (QED) is 0.178. The smallest absolute Gasteiger partial charge is 0.329 e. The summed E-state index contributed by atoms with van der Waals surface area (Å²) in [5.41, 5.74) is 0.458. The number of benzene rings is 1. The van der Waals surface area contributed by atoms with Gasteiger partial charge in [0.2, 0.25) is 11.8 Å². The molecule has 2 saturated carbocycles. The lowest BCUT2D eigenvalue weighted by molar-refractivity contribution is -0.165. The lowest BCUT2D eigenvalue weighted by Gasteiger charge is -2.39. The number of amides is 2. The molecule has 2 bridgehead atoms. The number of aromatic hydroxyl groups is 2. The molecule has 3 fully saturated rings. The summed E-state index contributed by atoms with van der Waals surface area (Å²) in [4.78, 5) is 42.0. The predicted octanol–water partition coefficient (Wildman–Crippen LogP) is 4.09. The molecule has 228 valence electrons. The number of fused-ring (bicyclic) bond motifs is 2. The van der Waals surface area contributed by atoms with E-state index in [4.69, 9.17) is 4.74 Å². The summed E-state index contributed by atoms with van der Waals surface area (Å²) >= 11 is 2.95. The maximum Gasteiger partial charge on any atom is 0.329 e. The topological polar surface area (TPSA) is 136 Å². The second-order valence-corrected chi connectivity index (χ2v) is 14.8. The molecule has 42 heavy (non-hydrogen) atoms. The van der Waals surface area contributed by atoms with Crippen LogP contribution in [0.4, 0.5) is 0 Å². The molecule has 11 heteroatoms. The second-order valence-electron chi connectivity index (χ2n) is 12.6. The molecular formula is C31H40N2O7S2. The Labute approximate surface area is 254 Å². The molecule has 6 atom stereocenters. The number of carbonyl (C=O) groups is 3. The third-order valence-electron chi connectivity index (χ3n) is 10.1. The van der Waals surface area contributed by atoms with Crippen molar-refractivity contribution in [1.82, 2.24) is 10.2 Å². The largest absolute Gasteiger partial charge is 0.504 e. The van der Waals surface area contributed by atoms with Crippen LogP contribution in [0, 0.1) is 16.7 Å². The number of nitrogens with one attached hydrogen (secondary N) is 1. The second kappa shape index (κ2) is 12.1. The summed E-state index contributed by atoms with van der Waals surface area (Å²) in [5, 5.41) is 34.6. The first-order valence-electron chi connectivity index (χ1n) is 14.6. The van der Waals surface area contributed by atoms with Crippen molar-refractivity contribution in [3.63, 3.8) is 0 Å². The minimum absolute atomic E-state index is 0.0843. The van der Waals surface area contributed by atoms with Crippen molar-refractivity contribution >= 4 is 40.9 Å². The van der Waals surface area contributed by atoms with E-state index in [9.17, 15) is 29.7 Å². The number of aliphatic hydroxyl groups is 1. The third-order valence-corrected chi connectivity index (χ3v) is 12.3. The summed E-state index contributed by atoms with van der Waals surface area (Å²) in [6, 6.07) is 6.21. The van der Waals surface area contributed by atoms with Crippen LogP contribution in [-0.4, -0.2) is 74.6 Å². The number of aliphatic hydroxyl groups excluding tert-OH is 1. The molecule has 5 rings (SSSR count). The number of thiophene rings is 1. The average molecular weight is 617 g/mol. The average Bonchev–Trinajstić information content (AvgIpc) is 3.72. The molecule has 1 saturated heterocycles. The van der Waals surface area contributed by atoms with Gasteiger partial charge in [-0.25, -0.2) is 4.79 Å². The zero-order valence-corrected chi connectivity index (χ0v) is 25.9. The summed E-state index contributed by atoms with van der Waals surface area (Å²) < 4.78 is 7.13. The van der Waals surface area contributed by atoms with E-state index in [0.717, 1.165) is 23.5 Å². The Bertz CT molecular complexity index is 1320. The van der Waals surface area contributed by atoms with E-state index < -0.39 is 24.1 Å². The molecule has 2 aromatic rings. The van der Waals surface area contributed by atoms with Crippen LogP contribution in [0.15, 0.2) is 39.9 Å². The Morgan fingerprint density at radius 1 is 1.17 bits per heavy atom. The molecule has 9 nitrogen and oxygen atoms in total. The number of phenolic OH excluding ortho intramolecular Hbond substituents is 2. The number of hydrogen-bond acceptors (Lipinski definition) is 9. The molecule has 0 spiro atoms. The monoisotopic (exact) mass is 616 g/mol. The normalized spacial score (nSPS) is 27.5. The van der Waals surface area contributed by atoms with Crippen LogP contribution < -0.4 is 5.32 Å². The highest BCUT2D eigenvalue weighted by Crippen LogP contribution is 2.66. The van der Waals surface area contributed by atoms with Gasteiger partial charge in [0.05, 0.1) is 4.21 Å². The van der Waals surface area contributed by atoms with Gasteiger partial charge in [0.15, 0.2) is 11.5 Å². The number of thioether (sulfide) groups is 1. The Hall–Kier alpha value is -2.76. The predicted molar refractivity (Wildman–Crippen MR) is 160 cm³/mol. The van der Waals surface area contributed by atoms with Gasteiger partial charge >= 0.3 is 5.97 Å². The van der Waals surface area contributed by atoms with Crippen molar-refractivity contribution < 1.29 is 34.4 Å². The third kappa shape index (κ3) is 5.88. The standard InChI is InChI=1S/C31H40N2O7S2/c1-30(2)19-10-11-31(30,3)25(16-19)40-29(39)21-6-4-12-33(21)28(38)20(17-42-26-7-5-13-41-26)32-27(37)24(36)15-18-8-9-22(34)23(35)14-18/h5,7-9,13-14,19-21,24-25,34-36H,4,6,10-12,15-17H2,1-3H3,(H,32,37). The van der Waals surface area contributed by atoms with E-state index in [1.54, 1.807) is 0 Å². The fourth-order valence-electron chi connectivity index (χ4n) is 6.97. The van der Waals surface area contributed by atoms with Crippen LogP contribution in [0.1, 0.15) is 58.4 Å². The number of likely N-dealkylation sites (tertiary alicyclic amines) is 1. The van der Waals surface area contributed by atoms with Crippen LogP contribution >= 0.6 is 23.1 Å². The highest BCUT2D eigenvalue weighted by molar-refractivity contribution is 8.01. The molecule has 6 unspecified atom stereocenters. The van der Waals surface area contributed by atoms with Crippen LogP contribution in [0.5, 0.6) is 11.5 Å². The lowest BCUT2D eigenvalue weighted by Crippen LogP contribution is -2.55. The van der Waals surface area contributed by atoms with Gasteiger partial charge in [-0.1, -0.05) is 32.9 Å². The van der Waals surface area contributed by atoms with Gasteiger partial charge in [0.1, 0.15) is 24.3 Å². The molecular weight excluding hydrogens is 576 g/mol. The van der Waals surface area contributed by atoms with Crippen molar-refractivity contribution in [3.05, 3.63) is 41.3 Å². The van der Waals surface area contributed by atoms with Crippen molar-refractivity contribution in [3.8, 4) is 11.5 Å². The van der Waals surface area contributed by atoms with Gasteiger partial charge in [0, 0.05) is 24.1 Å². The summed E-state index contributed by atoms with van der Waals surface area (Å²) in [6.07, 6.45) is 2.41. The van der Waals surface area contributed by atoms with E-state index in [1.165, 1.54) is 46.2 Å². The molecule has 2 amide bonds. The van der Waals surface area contributed by atoms with Crippen LogP contribution in [-0.2, 0) is 25.5 Å². The minimum Gasteiger partial charge on any atom is -0.504 e. The van der Waals surface area contributed by atoms with Crippen molar-refractivity contribution in [1.29, 1.82) is 0 Å². The molecule has 1 aliphatic heterocycles. The zero-order chi connectivity index (χ0) is 30.2. The van der Waals surface area contributed by atoms with Gasteiger partial charge in [0.25, 0.3) is 0 Å². The van der Waals surface area contributed by atoms with Gasteiger partial charge < -0.3 is 30.3 Å². The van der Waals surface area contributed by atoms with Gasteiger partial charge in [-0.2, -0.15) is 0 Å². The lowest BCUT2D eigenvalue weighted by atomic mass is 9.70. The number of ether oxygens (including phenoxy) is 1. The molecule has 3 aliphatic rings. The number of phenols is 2. The van der Waals surface area contributed by atoms with E-state index >= 15 is 0 Å². The fraction of sp³-hybridized carbons (Fsp3) is 0.581. The molecule has 2 aliphatic carbocycles. The summed E-state index contributed by atoms with van der Waals surface area (Å²) in [5.74, 6) is -1.39. The Kier molecular flexibility index (Phi) is 8.83. The molecule has 1 aromatic carbocycles. The van der Waals surface area contributed by atoms with Gasteiger partial charge in [-0.05, 0) is 72.6 Å². The van der Waals surface area contributed by atoms with Crippen LogP contribution in [0.25, 0.3) is 0 Å². The fourth-order valence-corrected chi connectivity index (χ4v) is 8.79. The first-order valence-corrected chi connectivity index (χ1v) is 16.4. The molecule has 2 heterocycles. The van der Waals surface area contributed by atoms with Crippen LogP contribution in [0.3, 0.4) is 0 Å². The maximum absolute atomic E-state index is 13.9. The first-order chi connectivity index (χ1) is 19.9. The Balaban J connectivity index is 1.27. The van der Waals surface area contributed by atoms with Crippen molar-refractivity contribution in [2.75, 3.05) is 12.3 Å². The van der Waals surface area contributed by atoms with Crippen molar-refractivity contribution in [2.45, 2.75) is 87.8 Å². The van der Waals surface area contributed by atoms with E-state index in [-0.39, 0.29) is 52.5 Å². The number of carbonyl (C=O) groups excluding carboxylic acids is 3. The minimum atomic E-state index is -1.49. The van der Waals surface area contributed by atoms with Gasteiger partial charge in [-0.3, -0.25) is 9.59 Å². The zero-order valence-electron chi connectivity index (χ0n) is 24.2. The summed E-state index contributed by atoms with van der Waals surface area (Å²) in [6.45, 7) is 7.14. The number of esters is 1. The molecule has 0 radical (unpaired) electrons. The SMILES string of the molecule is CC1(C)C2CCC1(C)C(OC(=O)C1CCCN1C(=O)C(CSc1cccs1)NC(=O)C(O)Cc1ccc(O)c(O)c1)C2. The number of nitrogens with zero attached hydrogens (tertiary/aromatic N) is 1. The highest BCUT2D eigenvalue weighted by atomic mass is 32.2. The Morgan fingerprint density at radius 3 is 2.60 bits per heavy atom. The molecule has 4 N–H and O–H groups in total. The summed E-state index contributed by atoms with van der Waals surface area (Å²) in [7, 11) is 0. The highest BCUT2D eigenvalue weighted by Gasteiger charge is 2.63. The molecule has 1 aromatic heterocycles. The van der Waals surface area contributed by atoms with Gasteiger partial charge in [-0.15, -0.1) is 23.1 Å². The van der Waals surface area contributed by atoms with Crippen molar-refractivity contribution in [2.24, 2.45) is 16.7 Å². The van der Waals surface area contributed by atoms with Crippen LogP contribution in [0.2, 0.25) is 0 Å². The maximum atomic E-state index is 13.9. The Morgan fingerprint density at radius 2 is 1.95 bits per heavy atom. The van der Waals surface area contributed by atoms with E-state index in [0.29, 0.717) is 30.9 Å². The number of hydrogen-bond donors (Lipinski definition) is 4. The van der Waals surface area contributed by atoms with E-state index in [2.05, 4.69) is 26.1 Å². The first kappa shape index (κ1) is 30.7.